The number of carbonyl (C=O) groups is 1. The summed E-state index contributed by atoms with van der Waals surface area (Å²) in [6.07, 6.45) is 1.33. The molecule has 1 aromatic carbocycles. The number of rotatable bonds is 4. The highest BCUT2D eigenvalue weighted by Crippen LogP contribution is 2.34. The number of carbonyl (C=O) groups excluding carboxylic acids is 1. The lowest BCUT2D eigenvalue weighted by molar-refractivity contribution is 0.249. The number of aromatic hydroxyl groups is 1. The first-order chi connectivity index (χ1) is 8.04. The zero-order valence-electron chi connectivity index (χ0n) is 9.11. The van der Waals surface area contributed by atoms with E-state index in [0.717, 1.165) is 0 Å². The van der Waals surface area contributed by atoms with Crippen LogP contribution in [0.4, 0.5) is 4.79 Å². The molecule has 1 aromatic rings. The minimum atomic E-state index is -0.767. The Kier molecular flexibility index (Phi) is 4.59. The van der Waals surface area contributed by atoms with Crippen LogP contribution < -0.4 is 15.9 Å². The average Bonchev–Trinajstić information content (AvgIpc) is 2.25. The maximum atomic E-state index is 10.4. The van der Waals surface area contributed by atoms with Gasteiger partial charge in [0.2, 0.25) is 0 Å². The molecule has 2 amide bonds. The molecule has 0 aliphatic carbocycles. The van der Waals surface area contributed by atoms with Crippen LogP contribution in [0.1, 0.15) is 12.5 Å². The fourth-order valence-electron chi connectivity index (χ4n) is 1.10. The Balaban J connectivity index is 2.93. The number of amides is 2. The van der Waals surface area contributed by atoms with E-state index in [9.17, 15) is 9.90 Å². The second kappa shape index (κ2) is 5.95. The van der Waals surface area contributed by atoms with Gasteiger partial charge in [0.1, 0.15) is 0 Å². The normalized spacial score (nSPS) is 10.5. The van der Waals surface area contributed by atoms with E-state index in [0.29, 0.717) is 12.2 Å². The minimum absolute atomic E-state index is 0.131. The smallest absolute Gasteiger partial charge is 0.332 e. The highest BCUT2D eigenvalue weighted by molar-refractivity contribution is 6.32. The van der Waals surface area contributed by atoms with Crippen molar-refractivity contribution in [3.05, 3.63) is 22.7 Å². The number of phenols is 1. The number of ether oxygens (including phenoxy) is 1. The summed E-state index contributed by atoms with van der Waals surface area (Å²) < 4.78 is 5.18. The number of nitrogens with zero attached hydrogens (tertiary/aromatic N) is 1. The lowest BCUT2D eigenvalue weighted by Gasteiger charge is -2.07. The molecule has 0 aliphatic heterocycles. The molecule has 0 aromatic heterocycles. The van der Waals surface area contributed by atoms with Gasteiger partial charge in [0.25, 0.3) is 0 Å². The number of primary amides is 1. The van der Waals surface area contributed by atoms with Gasteiger partial charge in [-0.25, -0.2) is 10.2 Å². The molecule has 0 atom stereocenters. The summed E-state index contributed by atoms with van der Waals surface area (Å²) in [5.74, 6) is 0.119. The van der Waals surface area contributed by atoms with Gasteiger partial charge in [0, 0.05) is 0 Å². The number of phenolic OH excluding ortho intramolecular Hbond substituents is 1. The largest absolute Gasteiger partial charge is 0.503 e. The van der Waals surface area contributed by atoms with Crippen LogP contribution in [-0.4, -0.2) is 24.0 Å². The van der Waals surface area contributed by atoms with E-state index in [1.165, 1.54) is 18.3 Å². The van der Waals surface area contributed by atoms with Gasteiger partial charge in [-0.05, 0) is 24.6 Å². The van der Waals surface area contributed by atoms with Crippen molar-refractivity contribution >= 4 is 23.8 Å². The quantitative estimate of drug-likeness (QED) is 0.562. The zero-order chi connectivity index (χ0) is 12.8. The third-order valence-electron chi connectivity index (χ3n) is 1.74. The first-order valence-electron chi connectivity index (χ1n) is 4.78. The monoisotopic (exact) mass is 257 g/mol. The Morgan fingerprint density at radius 3 is 3.00 bits per heavy atom. The molecule has 0 aliphatic rings. The van der Waals surface area contributed by atoms with Crippen LogP contribution in [-0.2, 0) is 0 Å². The molecule has 0 bridgehead atoms. The van der Waals surface area contributed by atoms with Gasteiger partial charge >= 0.3 is 6.03 Å². The van der Waals surface area contributed by atoms with E-state index >= 15 is 0 Å². The molecular formula is C10H12ClN3O3. The predicted molar refractivity (Wildman–Crippen MR) is 64.6 cm³/mol. The Bertz CT molecular complexity index is 449. The number of halogens is 1. The number of nitrogens with one attached hydrogen (secondary N) is 1. The summed E-state index contributed by atoms with van der Waals surface area (Å²) in [5, 5.41) is 13.3. The number of benzene rings is 1. The van der Waals surface area contributed by atoms with Crippen LogP contribution in [0, 0.1) is 0 Å². The molecule has 17 heavy (non-hydrogen) atoms. The number of hydrazone groups is 1. The van der Waals surface area contributed by atoms with E-state index in [-0.39, 0.29) is 16.5 Å². The zero-order valence-corrected chi connectivity index (χ0v) is 9.86. The fourth-order valence-corrected chi connectivity index (χ4v) is 1.32. The SMILES string of the molecule is CCOc1cc(/C=N\NC(N)=O)cc(Cl)c1O. The minimum Gasteiger partial charge on any atom is -0.503 e. The molecule has 0 saturated carbocycles. The van der Waals surface area contributed by atoms with Crippen molar-refractivity contribution in [2.75, 3.05) is 6.61 Å². The third kappa shape index (κ3) is 3.84. The molecule has 0 heterocycles. The van der Waals surface area contributed by atoms with Crippen LogP contribution in [0.5, 0.6) is 11.5 Å². The van der Waals surface area contributed by atoms with Crippen LogP contribution in [0.25, 0.3) is 0 Å². The van der Waals surface area contributed by atoms with Crippen molar-refractivity contribution in [3.8, 4) is 11.5 Å². The van der Waals surface area contributed by atoms with Gasteiger partial charge < -0.3 is 15.6 Å². The molecule has 0 saturated heterocycles. The Morgan fingerprint density at radius 1 is 1.71 bits per heavy atom. The highest BCUT2D eigenvalue weighted by Gasteiger charge is 2.08. The van der Waals surface area contributed by atoms with Crippen molar-refractivity contribution in [1.82, 2.24) is 5.43 Å². The maximum Gasteiger partial charge on any atom is 0.332 e. The van der Waals surface area contributed by atoms with Gasteiger partial charge in [-0.15, -0.1) is 0 Å². The summed E-state index contributed by atoms with van der Waals surface area (Å²) in [6.45, 7) is 2.17. The van der Waals surface area contributed by atoms with Crippen LogP contribution >= 0.6 is 11.6 Å². The van der Waals surface area contributed by atoms with Crippen molar-refractivity contribution in [3.63, 3.8) is 0 Å². The molecule has 0 unspecified atom stereocenters. The van der Waals surface area contributed by atoms with E-state index in [2.05, 4.69) is 5.10 Å². The van der Waals surface area contributed by atoms with E-state index in [1.807, 2.05) is 5.43 Å². The number of nitrogens with two attached hydrogens (primary N) is 1. The number of urea groups is 1. The van der Waals surface area contributed by atoms with Crippen molar-refractivity contribution in [1.29, 1.82) is 0 Å². The fraction of sp³-hybridized carbons (Fsp3) is 0.200. The van der Waals surface area contributed by atoms with E-state index in [1.54, 1.807) is 6.92 Å². The standard InChI is InChI=1S/C10H12ClN3O3/c1-2-17-8-4-6(3-7(11)9(8)15)5-13-14-10(12)16/h3-5,15H,2H2,1H3,(H3,12,14,16)/b13-5-. The van der Waals surface area contributed by atoms with Crippen molar-refractivity contribution in [2.45, 2.75) is 6.92 Å². The first-order valence-corrected chi connectivity index (χ1v) is 5.16. The maximum absolute atomic E-state index is 10.4. The molecule has 7 heteroatoms. The molecule has 0 spiro atoms. The second-order valence-electron chi connectivity index (χ2n) is 3.02. The summed E-state index contributed by atoms with van der Waals surface area (Å²) >= 11 is 5.79. The lowest BCUT2D eigenvalue weighted by atomic mass is 10.2. The molecule has 1 rings (SSSR count). The van der Waals surface area contributed by atoms with Gasteiger partial charge in [0.15, 0.2) is 11.5 Å². The topological polar surface area (TPSA) is 96.9 Å². The Hall–Kier alpha value is -1.95. The van der Waals surface area contributed by atoms with Crippen LogP contribution in [0.2, 0.25) is 5.02 Å². The molecule has 6 nitrogen and oxygen atoms in total. The van der Waals surface area contributed by atoms with Crippen LogP contribution in [0.15, 0.2) is 17.2 Å². The predicted octanol–water partition coefficient (Wildman–Crippen LogP) is 1.45. The summed E-state index contributed by atoms with van der Waals surface area (Å²) in [4.78, 5) is 10.4. The number of hydrogen-bond acceptors (Lipinski definition) is 4. The summed E-state index contributed by atoms with van der Waals surface area (Å²) in [7, 11) is 0. The molecular weight excluding hydrogens is 246 g/mol. The lowest BCUT2D eigenvalue weighted by Crippen LogP contribution is -2.24. The van der Waals surface area contributed by atoms with Gasteiger partial charge in [-0.3, -0.25) is 0 Å². The average molecular weight is 258 g/mol. The van der Waals surface area contributed by atoms with Crippen LogP contribution in [0.3, 0.4) is 0 Å². The Labute approximate surface area is 103 Å². The molecule has 0 fully saturated rings. The van der Waals surface area contributed by atoms with Crippen molar-refractivity contribution in [2.24, 2.45) is 10.8 Å². The summed E-state index contributed by atoms with van der Waals surface area (Å²) in [6, 6.07) is 2.25. The van der Waals surface area contributed by atoms with Gasteiger partial charge in [-0.2, -0.15) is 5.10 Å². The Morgan fingerprint density at radius 2 is 2.41 bits per heavy atom. The van der Waals surface area contributed by atoms with Gasteiger partial charge in [0.05, 0.1) is 17.8 Å². The molecule has 92 valence electrons. The number of hydrogen-bond donors (Lipinski definition) is 3. The van der Waals surface area contributed by atoms with Crippen molar-refractivity contribution < 1.29 is 14.6 Å². The third-order valence-corrected chi connectivity index (χ3v) is 2.03. The summed E-state index contributed by atoms with van der Waals surface area (Å²) in [5.41, 5.74) is 7.44. The van der Waals surface area contributed by atoms with E-state index in [4.69, 9.17) is 22.1 Å². The highest BCUT2D eigenvalue weighted by atomic mass is 35.5. The molecule has 4 N–H and O–H groups in total. The first kappa shape index (κ1) is 13.1. The molecule has 0 radical (unpaired) electrons. The second-order valence-corrected chi connectivity index (χ2v) is 3.42. The van der Waals surface area contributed by atoms with Gasteiger partial charge in [-0.1, -0.05) is 11.6 Å². The van der Waals surface area contributed by atoms with E-state index < -0.39 is 6.03 Å².